The third-order valence-electron chi connectivity index (χ3n) is 3.91. The fraction of sp³-hybridized carbons (Fsp3) is 0.846. The quantitative estimate of drug-likeness (QED) is 0.787. The molecule has 1 aliphatic rings. The molecule has 0 aromatic heterocycles. The first-order chi connectivity index (χ1) is 8.49. The van der Waals surface area contributed by atoms with Gasteiger partial charge < -0.3 is 15.3 Å². The maximum atomic E-state index is 11.9. The molecule has 2 amide bonds. The molecule has 0 saturated carbocycles. The zero-order valence-electron chi connectivity index (χ0n) is 11.5. The molecule has 2 atom stereocenters. The maximum absolute atomic E-state index is 11.9. The Balaban J connectivity index is 2.42. The minimum absolute atomic E-state index is 0.0291. The summed E-state index contributed by atoms with van der Waals surface area (Å²) in [6.07, 6.45) is 2.09. The van der Waals surface area contributed by atoms with Crippen molar-refractivity contribution in [1.29, 1.82) is 0 Å². The second kappa shape index (κ2) is 6.61. The summed E-state index contributed by atoms with van der Waals surface area (Å²) in [5.41, 5.74) is 0. The van der Waals surface area contributed by atoms with Crippen LogP contribution < -0.4 is 5.32 Å². The van der Waals surface area contributed by atoms with Crippen molar-refractivity contribution in [2.45, 2.75) is 33.6 Å². The van der Waals surface area contributed by atoms with Crippen molar-refractivity contribution in [2.75, 3.05) is 19.6 Å². The molecule has 0 spiro atoms. The number of hydrogen-bond donors (Lipinski definition) is 2. The maximum Gasteiger partial charge on any atom is 0.317 e. The molecule has 1 aliphatic heterocycles. The van der Waals surface area contributed by atoms with Crippen molar-refractivity contribution in [1.82, 2.24) is 10.2 Å². The lowest BCUT2D eigenvalue weighted by molar-refractivity contribution is -0.142. The number of nitrogens with one attached hydrogen (secondary N) is 1. The Morgan fingerprint density at radius 3 is 2.39 bits per heavy atom. The van der Waals surface area contributed by atoms with E-state index in [4.69, 9.17) is 5.11 Å². The number of carbonyl (C=O) groups is 2. The molecule has 1 heterocycles. The van der Waals surface area contributed by atoms with E-state index in [0.717, 1.165) is 12.8 Å². The zero-order valence-corrected chi connectivity index (χ0v) is 11.5. The Kier molecular flexibility index (Phi) is 5.44. The number of rotatable bonds is 5. The van der Waals surface area contributed by atoms with Gasteiger partial charge in [-0.25, -0.2) is 4.79 Å². The topological polar surface area (TPSA) is 69.6 Å². The molecule has 0 unspecified atom stereocenters. The fourth-order valence-electron chi connectivity index (χ4n) is 2.37. The van der Waals surface area contributed by atoms with E-state index in [1.165, 1.54) is 0 Å². The highest BCUT2D eigenvalue weighted by molar-refractivity contribution is 5.77. The fourth-order valence-corrected chi connectivity index (χ4v) is 2.37. The first kappa shape index (κ1) is 14.8. The van der Waals surface area contributed by atoms with Crippen LogP contribution in [0.5, 0.6) is 0 Å². The molecule has 0 aromatic rings. The molecule has 0 aromatic carbocycles. The number of carbonyl (C=O) groups excluding carboxylic acids is 1. The number of nitrogens with zero attached hydrogens (tertiary/aromatic N) is 1. The molecule has 104 valence electrons. The van der Waals surface area contributed by atoms with Gasteiger partial charge in [0.25, 0.3) is 0 Å². The molecule has 0 aliphatic carbocycles. The lowest BCUT2D eigenvalue weighted by Crippen LogP contribution is -2.41. The predicted molar refractivity (Wildman–Crippen MR) is 69.3 cm³/mol. The van der Waals surface area contributed by atoms with Gasteiger partial charge in [0, 0.05) is 19.6 Å². The molecule has 0 bridgehead atoms. The number of hydrogen-bond acceptors (Lipinski definition) is 2. The number of aliphatic carboxylic acids is 1. The summed E-state index contributed by atoms with van der Waals surface area (Å²) in [7, 11) is 0. The smallest absolute Gasteiger partial charge is 0.317 e. The minimum Gasteiger partial charge on any atom is -0.481 e. The molecule has 18 heavy (non-hydrogen) atoms. The molecule has 0 radical (unpaired) electrons. The van der Waals surface area contributed by atoms with Gasteiger partial charge in [0.1, 0.15) is 0 Å². The van der Waals surface area contributed by atoms with Crippen LogP contribution in [0.25, 0.3) is 0 Å². The van der Waals surface area contributed by atoms with Crippen LogP contribution in [0, 0.1) is 17.8 Å². The van der Waals surface area contributed by atoms with E-state index in [9.17, 15) is 9.59 Å². The summed E-state index contributed by atoms with van der Waals surface area (Å²) in [5.74, 6) is -0.702. The van der Waals surface area contributed by atoms with E-state index in [1.54, 1.807) is 4.90 Å². The first-order valence-corrected chi connectivity index (χ1v) is 6.75. The van der Waals surface area contributed by atoms with E-state index in [2.05, 4.69) is 19.2 Å². The first-order valence-electron chi connectivity index (χ1n) is 6.75. The van der Waals surface area contributed by atoms with Crippen LogP contribution in [-0.2, 0) is 4.79 Å². The van der Waals surface area contributed by atoms with Gasteiger partial charge in [-0.05, 0) is 11.8 Å². The second-order valence-corrected chi connectivity index (χ2v) is 5.20. The number of likely N-dealkylation sites (tertiary alicyclic amines) is 1. The summed E-state index contributed by atoms with van der Waals surface area (Å²) in [6.45, 7) is 7.63. The van der Waals surface area contributed by atoms with E-state index in [-0.39, 0.29) is 11.9 Å². The van der Waals surface area contributed by atoms with Crippen LogP contribution in [0.15, 0.2) is 0 Å². The van der Waals surface area contributed by atoms with Gasteiger partial charge in [-0.1, -0.05) is 33.6 Å². The number of carboxylic acid groups (broad SMARTS) is 1. The van der Waals surface area contributed by atoms with Crippen molar-refractivity contribution in [3.63, 3.8) is 0 Å². The van der Waals surface area contributed by atoms with Gasteiger partial charge in [0.2, 0.25) is 0 Å². The van der Waals surface area contributed by atoms with E-state index < -0.39 is 11.9 Å². The lowest BCUT2D eigenvalue weighted by Gasteiger charge is -2.19. The van der Waals surface area contributed by atoms with Crippen molar-refractivity contribution in [3.05, 3.63) is 0 Å². The van der Waals surface area contributed by atoms with Gasteiger partial charge in [-0.2, -0.15) is 0 Å². The highest BCUT2D eigenvalue weighted by Crippen LogP contribution is 2.23. The Hall–Kier alpha value is -1.26. The molecule has 5 nitrogen and oxygen atoms in total. The third kappa shape index (κ3) is 3.62. The normalized spacial score (nSPS) is 23.4. The molecule has 5 heteroatoms. The Morgan fingerprint density at radius 1 is 1.33 bits per heavy atom. The highest BCUT2D eigenvalue weighted by atomic mass is 16.4. The van der Waals surface area contributed by atoms with Gasteiger partial charge >= 0.3 is 12.0 Å². The molecule has 2 N–H and O–H groups in total. The molecule has 1 rings (SSSR count). The average molecular weight is 256 g/mol. The summed E-state index contributed by atoms with van der Waals surface area (Å²) in [5, 5.41) is 11.9. The minimum atomic E-state index is -0.808. The number of urea groups is 1. The van der Waals surface area contributed by atoms with Crippen molar-refractivity contribution < 1.29 is 14.7 Å². The van der Waals surface area contributed by atoms with Gasteiger partial charge in [-0.3, -0.25) is 4.79 Å². The van der Waals surface area contributed by atoms with E-state index in [1.807, 2.05) is 6.92 Å². The predicted octanol–water partition coefficient (Wildman–Crippen LogP) is 1.78. The van der Waals surface area contributed by atoms with E-state index >= 15 is 0 Å². The Bertz CT molecular complexity index is 303. The lowest BCUT2D eigenvalue weighted by atomic mass is 9.99. The van der Waals surface area contributed by atoms with Crippen molar-refractivity contribution in [2.24, 2.45) is 17.8 Å². The summed E-state index contributed by atoms with van der Waals surface area (Å²) in [4.78, 5) is 24.5. The summed E-state index contributed by atoms with van der Waals surface area (Å²) >= 11 is 0. The Labute approximate surface area is 109 Å². The largest absolute Gasteiger partial charge is 0.481 e. The SMILES string of the molecule is CCC(CC)CNC(=O)N1C[C@@H](C)[C@H](C(=O)O)C1. The standard InChI is InChI=1S/C13H24N2O3/c1-4-10(5-2)6-14-13(18)15-7-9(3)11(8-15)12(16)17/h9-11H,4-8H2,1-3H3,(H,14,18)(H,16,17)/t9-,11-/m1/s1. The van der Waals surface area contributed by atoms with Crippen molar-refractivity contribution in [3.8, 4) is 0 Å². The third-order valence-corrected chi connectivity index (χ3v) is 3.91. The van der Waals surface area contributed by atoms with Gasteiger partial charge in [0.15, 0.2) is 0 Å². The average Bonchev–Trinajstić information content (AvgIpc) is 2.72. The molecule has 1 saturated heterocycles. The van der Waals surface area contributed by atoms with E-state index in [0.29, 0.717) is 25.6 Å². The van der Waals surface area contributed by atoms with Crippen LogP contribution in [0.2, 0.25) is 0 Å². The Morgan fingerprint density at radius 2 is 1.94 bits per heavy atom. The molecule has 1 fully saturated rings. The molecular formula is C13H24N2O3. The van der Waals surface area contributed by atoms with Crippen molar-refractivity contribution >= 4 is 12.0 Å². The van der Waals surface area contributed by atoms with Crippen LogP contribution >= 0.6 is 0 Å². The van der Waals surface area contributed by atoms with Gasteiger partial charge in [-0.15, -0.1) is 0 Å². The molecular weight excluding hydrogens is 232 g/mol. The zero-order chi connectivity index (χ0) is 13.7. The number of amides is 2. The summed E-state index contributed by atoms with van der Waals surface area (Å²) < 4.78 is 0. The van der Waals surface area contributed by atoms with Crippen LogP contribution in [0.4, 0.5) is 4.79 Å². The van der Waals surface area contributed by atoms with Crippen LogP contribution in [0.3, 0.4) is 0 Å². The number of carboxylic acids is 1. The second-order valence-electron chi connectivity index (χ2n) is 5.20. The van der Waals surface area contributed by atoms with Crippen LogP contribution in [0.1, 0.15) is 33.6 Å². The monoisotopic (exact) mass is 256 g/mol. The summed E-state index contributed by atoms with van der Waals surface area (Å²) in [6, 6.07) is -0.127. The van der Waals surface area contributed by atoms with Gasteiger partial charge in [0.05, 0.1) is 5.92 Å². The van der Waals surface area contributed by atoms with Crippen LogP contribution in [-0.4, -0.2) is 41.6 Å². The highest BCUT2D eigenvalue weighted by Gasteiger charge is 2.36.